The van der Waals surface area contributed by atoms with E-state index >= 15 is 0 Å². The van der Waals surface area contributed by atoms with E-state index in [1.165, 1.54) is 5.56 Å². The van der Waals surface area contributed by atoms with Crippen LogP contribution in [-0.4, -0.2) is 30.2 Å². The topological polar surface area (TPSA) is 75.6 Å². The minimum atomic E-state index is -1.07. The Morgan fingerprint density at radius 2 is 2.11 bits per heavy atom. The maximum atomic E-state index is 11.7. The minimum Gasteiger partial charge on any atom is -0.480 e. The molecular weight excluding hydrogens is 246 g/mol. The lowest BCUT2D eigenvalue weighted by Crippen LogP contribution is -2.34. The van der Waals surface area contributed by atoms with Crippen LogP contribution in [0.15, 0.2) is 24.3 Å². The van der Waals surface area contributed by atoms with Gasteiger partial charge in [0.2, 0.25) is 5.91 Å². The second kappa shape index (κ2) is 6.33. The summed E-state index contributed by atoms with van der Waals surface area (Å²) < 4.78 is 4.77. The third kappa shape index (κ3) is 3.79. The first kappa shape index (κ1) is 13.5. The third-order valence-corrected chi connectivity index (χ3v) is 3.16. The van der Waals surface area contributed by atoms with Crippen LogP contribution in [-0.2, 0) is 20.7 Å². The van der Waals surface area contributed by atoms with Crippen molar-refractivity contribution in [3.05, 3.63) is 35.4 Å². The van der Waals surface area contributed by atoms with Crippen molar-refractivity contribution in [1.29, 1.82) is 0 Å². The molecule has 1 atom stereocenters. The molecule has 0 saturated heterocycles. The average Bonchev–Trinajstić information content (AvgIpc) is 2.39. The summed E-state index contributed by atoms with van der Waals surface area (Å²) in [6.07, 6.45) is 2.98. The molecule has 0 heterocycles. The molecule has 1 aromatic carbocycles. The molecule has 0 fully saturated rings. The number of rotatable bonds is 5. The molecule has 0 aromatic heterocycles. The summed E-state index contributed by atoms with van der Waals surface area (Å²) >= 11 is 0. The van der Waals surface area contributed by atoms with E-state index in [1.54, 1.807) is 0 Å². The molecule has 1 aliphatic carbocycles. The van der Waals surface area contributed by atoms with Crippen LogP contribution in [0.2, 0.25) is 0 Å². The monoisotopic (exact) mass is 263 g/mol. The van der Waals surface area contributed by atoms with E-state index < -0.39 is 12.6 Å². The van der Waals surface area contributed by atoms with Gasteiger partial charge in [0, 0.05) is 0 Å². The molecule has 0 unspecified atom stereocenters. The summed E-state index contributed by atoms with van der Waals surface area (Å²) in [6.45, 7) is -0.667. The van der Waals surface area contributed by atoms with Gasteiger partial charge in [0.1, 0.15) is 13.2 Å². The Kier molecular flexibility index (Phi) is 4.52. The van der Waals surface area contributed by atoms with Gasteiger partial charge in [0.05, 0.1) is 6.04 Å². The zero-order chi connectivity index (χ0) is 13.7. The van der Waals surface area contributed by atoms with Crippen molar-refractivity contribution in [3.63, 3.8) is 0 Å². The minimum absolute atomic E-state index is 0.00544. The highest BCUT2D eigenvalue weighted by atomic mass is 16.5. The number of hydrogen-bond donors (Lipinski definition) is 2. The lowest BCUT2D eigenvalue weighted by Gasteiger charge is -2.26. The predicted octanol–water partition coefficient (Wildman–Crippen LogP) is 1.28. The van der Waals surface area contributed by atoms with E-state index in [4.69, 9.17) is 9.84 Å². The number of benzene rings is 1. The Bertz CT molecular complexity index is 472. The van der Waals surface area contributed by atoms with Gasteiger partial charge in [-0.1, -0.05) is 24.3 Å². The van der Waals surface area contributed by atoms with Gasteiger partial charge in [-0.05, 0) is 30.4 Å². The number of carbonyl (C=O) groups is 2. The largest absolute Gasteiger partial charge is 0.480 e. The molecule has 5 nitrogen and oxygen atoms in total. The highest BCUT2D eigenvalue weighted by molar-refractivity contribution is 5.78. The molecule has 5 heteroatoms. The van der Waals surface area contributed by atoms with Crippen molar-refractivity contribution in [2.75, 3.05) is 13.2 Å². The number of aliphatic carboxylic acids is 1. The number of carboxylic acids is 1. The van der Waals surface area contributed by atoms with Crippen molar-refractivity contribution in [2.24, 2.45) is 0 Å². The van der Waals surface area contributed by atoms with Gasteiger partial charge in [0.15, 0.2) is 0 Å². The van der Waals surface area contributed by atoms with E-state index in [9.17, 15) is 9.59 Å². The molecule has 0 saturated carbocycles. The Hall–Kier alpha value is -1.88. The molecular formula is C14H17NO4. The van der Waals surface area contributed by atoms with Crippen molar-refractivity contribution in [1.82, 2.24) is 5.32 Å². The quantitative estimate of drug-likeness (QED) is 0.839. The van der Waals surface area contributed by atoms with E-state index in [1.807, 2.05) is 18.2 Å². The van der Waals surface area contributed by atoms with Gasteiger partial charge >= 0.3 is 5.97 Å². The number of amides is 1. The first-order valence-corrected chi connectivity index (χ1v) is 6.33. The molecule has 2 rings (SSSR count). The zero-order valence-electron chi connectivity index (χ0n) is 10.6. The second-order valence-electron chi connectivity index (χ2n) is 4.60. The molecule has 0 aliphatic heterocycles. The van der Waals surface area contributed by atoms with E-state index in [-0.39, 0.29) is 18.6 Å². The Morgan fingerprint density at radius 1 is 1.32 bits per heavy atom. The van der Waals surface area contributed by atoms with Crippen LogP contribution in [0.25, 0.3) is 0 Å². The first-order valence-electron chi connectivity index (χ1n) is 6.33. The SMILES string of the molecule is O=C(O)COCC(=O)N[C@@H]1CCCc2ccccc21. The summed E-state index contributed by atoms with van der Waals surface area (Å²) in [6, 6.07) is 8.07. The highest BCUT2D eigenvalue weighted by Crippen LogP contribution is 2.29. The lowest BCUT2D eigenvalue weighted by atomic mass is 9.88. The average molecular weight is 263 g/mol. The lowest BCUT2D eigenvalue weighted by molar-refractivity contribution is -0.143. The fourth-order valence-electron chi connectivity index (χ4n) is 2.37. The number of ether oxygens (including phenoxy) is 1. The number of hydrogen-bond acceptors (Lipinski definition) is 3. The number of fused-ring (bicyclic) bond motifs is 1. The summed E-state index contributed by atoms with van der Waals surface area (Å²) in [4.78, 5) is 22.0. The molecule has 1 amide bonds. The Morgan fingerprint density at radius 3 is 2.89 bits per heavy atom. The van der Waals surface area contributed by atoms with Crippen LogP contribution in [0.4, 0.5) is 0 Å². The van der Waals surface area contributed by atoms with Gasteiger partial charge in [0.25, 0.3) is 0 Å². The highest BCUT2D eigenvalue weighted by Gasteiger charge is 2.21. The van der Waals surface area contributed by atoms with Gasteiger partial charge < -0.3 is 15.2 Å². The number of aryl methyl sites for hydroxylation is 1. The number of carboxylic acid groups (broad SMARTS) is 1. The Balaban J connectivity index is 1.90. The molecule has 0 radical (unpaired) electrons. The zero-order valence-corrected chi connectivity index (χ0v) is 10.6. The maximum Gasteiger partial charge on any atom is 0.329 e. The summed E-state index contributed by atoms with van der Waals surface area (Å²) in [5, 5.41) is 11.3. The van der Waals surface area contributed by atoms with Crippen LogP contribution >= 0.6 is 0 Å². The van der Waals surface area contributed by atoms with Gasteiger partial charge in [-0.3, -0.25) is 4.79 Å². The first-order chi connectivity index (χ1) is 9.16. The van der Waals surface area contributed by atoms with Crippen molar-refractivity contribution < 1.29 is 19.4 Å². The molecule has 2 N–H and O–H groups in total. The van der Waals surface area contributed by atoms with Crippen molar-refractivity contribution >= 4 is 11.9 Å². The van der Waals surface area contributed by atoms with Gasteiger partial charge in [-0.15, -0.1) is 0 Å². The van der Waals surface area contributed by atoms with Gasteiger partial charge in [-0.25, -0.2) is 4.79 Å². The van der Waals surface area contributed by atoms with Gasteiger partial charge in [-0.2, -0.15) is 0 Å². The van der Waals surface area contributed by atoms with Crippen LogP contribution in [0.5, 0.6) is 0 Å². The predicted molar refractivity (Wildman–Crippen MR) is 68.7 cm³/mol. The van der Waals surface area contributed by atoms with Crippen LogP contribution in [0.3, 0.4) is 0 Å². The van der Waals surface area contributed by atoms with Crippen LogP contribution in [0.1, 0.15) is 30.0 Å². The normalized spacial score (nSPS) is 17.6. The molecule has 1 aliphatic rings. The standard InChI is InChI=1S/C14H17NO4/c16-13(8-19-9-14(17)18)15-12-7-3-5-10-4-1-2-6-11(10)12/h1-2,4,6,12H,3,5,7-9H2,(H,15,16)(H,17,18)/t12-/m1/s1. The maximum absolute atomic E-state index is 11.7. The van der Waals surface area contributed by atoms with Crippen molar-refractivity contribution in [3.8, 4) is 0 Å². The van der Waals surface area contributed by atoms with E-state index in [0.717, 1.165) is 24.8 Å². The molecule has 19 heavy (non-hydrogen) atoms. The van der Waals surface area contributed by atoms with E-state index in [0.29, 0.717) is 0 Å². The van der Waals surface area contributed by atoms with Crippen molar-refractivity contribution in [2.45, 2.75) is 25.3 Å². The van der Waals surface area contributed by atoms with E-state index in [2.05, 4.69) is 11.4 Å². The molecule has 0 bridgehead atoms. The third-order valence-electron chi connectivity index (χ3n) is 3.16. The second-order valence-corrected chi connectivity index (χ2v) is 4.60. The van der Waals surface area contributed by atoms with Crippen LogP contribution < -0.4 is 5.32 Å². The summed E-state index contributed by atoms with van der Waals surface area (Å²) in [5.74, 6) is -1.35. The number of nitrogens with one attached hydrogen (secondary N) is 1. The molecule has 102 valence electrons. The fourth-order valence-corrected chi connectivity index (χ4v) is 2.37. The Labute approximate surface area is 111 Å². The molecule has 1 aromatic rings. The smallest absolute Gasteiger partial charge is 0.329 e. The fraction of sp³-hybridized carbons (Fsp3) is 0.429. The van der Waals surface area contributed by atoms with Crippen LogP contribution in [0, 0.1) is 0 Å². The molecule has 0 spiro atoms. The summed E-state index contributed by atoms with van der Waals surface area (Å²) in [5.41, 5.74) is 2.42. The number of carbonyl (C=O) groups excluding carboxylic acids is 1. The summed E-state index contributed by atoms with van der Waals surface area (Å²) in [7, 11) is 0.